The van der Waals surface area contributed by atoms with Gasteiger partial charge in [0, 0.05) is 38.0 Å². The number of thioether (sulfide) groups is 1. The number of nitro groups is 1. The smallest absolute Gasteiger partial charge is 0.284 e. The predicted octanol–water partition coefficient (Wildman–Crippen LogP) is 6.91. The van der Waals surface area contributed by atoms with E-state index in [0.717, 1.165) is 26.9 Å². The number of rotatable bonds is 5. The monoisotopic (exact) mass is 491 g/mol. The van der Waals surface area contributed by atoms with Gasteiger partial charge in [-0.2, -0.15) is 0 Å². The molecule has 0 fully saturated rings. The zero-order valence-corrected chi connectivity index (χ0v) is 18.2. The Hall–Kier alpha value is -2.06. The summed E-state index contributed by atoms with van der Waals surface area (Å²) in [6.45, 7) is 0.424. The third-order valence-electron chi connectivity index (χ3n) is 4.40. The normalized spacial score (nSPS) is 15.4. The molecule has 0 aromatic heterocycles. The van der Waals surface area contributed by atoms with Crippen LogP contribution in [0.1, 0.15) is 23.0 Å². The highest BCUT2D eigenvalue weighted by molar-refractivity contribution is 9.10. The van der Waals surface area contributed by atoms with E-state index in [1.54, 1.807) is 12.1 Å². The first-order valence-electron chi connectivity index (χ1n) is 8.72. The Morgan fingerprint density at radius 2 is 1.97 bits per heavy atom. The average molecular weight is 493 g/mol. The van der Waals surface area contributed by atoms with Crippen LogP contribution in [0.2, 0.25) is 5.02 Å². The van der Waals surface area contributed by atoms with E-state index in [4.69, 9.17) is 21.1 Å². The van der Waals surface area contributed by atoms with E-state index in [0.29, 0.717) is 22.3 Å². The minimum absolute atomic E-state index is 0.00206. The molecule has 0 unspecified atom stereocenters. The van der Waals surface area contributed by atoms with Gasteiger partial charge in [-0.3, -0.25) is 10.1 Å². The number of nitrogens with zero attached hydrogens (tertiary/aromatic N) is 1. The van der Waals surface area contributed by atoms with Gasteiger partial charge in [-0.05, 0) is 24.3 Å². The Bertz CT molecular complexity index is 1060. The van der Waals surface area contributed by atoms with Gasteiger partial charge in [-0.1, -0.05) is 57.9 Å². The molecule has 5 nitrogen and oxygen atoms in total. The first kappa shape index (κ1) is 20.2. The van der Waals surface area contributed by atoms with E-state index in [9.17, 15) is 10.1 Å². The molecular weight excluding hydrogens is 478 g/mol. The molecule has 0 saturated heterocycles. The van der Waals surface area contributed by atoms with Crippen molar-refractivity contribution in [2.45, 2.75) is 23.5 Å². The number of halogens is 2. The van der Waals surface area contributed by atoms with Gasteiger partial charge in [-0.15, -0.1) is 11.8 Å². The minimum Gasteiger partial charge on any atom is -0.460 e. The zero-order valence-electron chi connectivity index (χ0n) is 15.0. The van der Waals surface area contributed by atoms with Gasteiger partial charge in [0.1, 0.15) is 5.75 Å². The van der Waals surface area contributed by atoms with Gasteiger partial charge >= 0.3 is 0 Å². The molecule has 0 radical (unpaired) electrons. The lowest BCUT2D eigenvalue weighted by Gasteiger charge is -2.28. The van der Waals surface area contributed by atoms with Gasteiger partial charge in [0.25, 0.3) is 5.69 Å². The summed E-state index contributed by atoms with van der Waals surface area (Å²) in [5, 5.41) is 11.7. The van der Waals surface area contributed by atoms with Crippen molar-refractivity contribution in [2.24, 2.45) is 0 Å². The lowest BCUT2D eigenvalue weighted by atomic mass is 10.1. The Balaban J connectivity index is 1.61. The number of fused-ring (bicyclic) bond motifs is 1. The van der Waals surface area contributed by atoms with Gasteiger partial charge in [0.15, 0.2) is 0 Å². The summed E-state index contributed by atoms with van der Waals surface area (Å²) >= 11 is 10.8. The summed E-state index contributed by atoms with van der Waals surface area (Å²) in [6, 6.07) is 18.4. The standard InChI is InChI=1S/C21H15BrClNO4S/c22-16-8-14-11-27-21(13-4-2-1-3-5-13)28-20(14)15(9-16)12-29-19-7-6-17(23)10-18(19)24(25)26/h1-10,21H,11-12H2/t21-/m1/s1. The van der Waals surface area contributed by atoms with Crippen LogP contribution >= 0.6 is 39.3 Å². The molecule has 1 atom stereocenters. The molecule has 4 rings (SSSR count). The molecule has 3 aromatic rings. The maximum atomic E-state index is 11.4. The lowest BCUT2D eigenvalue weighted by molar-refractivity contribution is -0.387. The van der Waals surface area contributed by atoms with Crippen molar-refractivity contribution in [3.05, 3.63) is 97.0 Å². The van der Waals surface area contributed by atoms with Crippen LogP contribution < -0.4 is 4.74 Å². The topological polar surface area (TPSA) is 61.6 Å². The maximum absolute atomic E-state index is 11.4. The van der Waals surface area contributed by atoms with Crippen molar-refractivity contribution in [3.8, 4) is 5.75 Å². The van der Waals surface area contributed by atoms with Crippen LogP contribution in [-0.2, 0) is 17.1 Å². The first-order valence-corrected chi connectivity index (χ1v) is 10.9. The highest BCUT2D eigenvalue weighted by atomic mass is 79.9. The lowest BCUT2D eigenvalue weighted by Crippen LogP contribution is -2.19. The van der Waals surface area contributed by atoms with Crippen molar-refractivity contribution >= 4 is 45.0 Å². The van der Waals surface area contributed by atoms with Gasteiger partial charge in [0.05, 0.1) is 16.4 Å². The molecule has 1 aliphatic rings. The van der Waals surface area contributed by atoms with Crippen molar-refractivity contribution in [2.75, 3.05) is 0 Å². The maximum Gasteiger partial charge on any atom is 0.284 e. The van der Waals surface area contributed by atoms with E-state index in [-0.39, 0.29) is 5.69 Å². The summed E-state index contributed by atoms with van der Waals surface area (Å²) in [6.07, 6.45) is -0.488. The van der Waals surface area contributed by atoms with Crippen LogP contribution in [0.5, 0.6) is 5.75 Å². The van der Waals surface area contributed by atoms with Crippen molar-refractivity contribution < 1.29 is 14.4 Å². The van der Waals surface area contributed by atoms with Gasteiger partial charge in [-0.25, -0.2) is 0 Å². The van der Waals surface area contributed by atoms with E-state index < -0.39 is 11.2 Å². The highest BCUT2D eigenvalue weighted by Crippen LogP contribution is 2.41. The Morgan fingerprint density at radius 1 is 1.17 bits per heavy atom. The minimum atomic E-state index is -0.488. The predicted molar refractivity (Wildman–Crippen MR) is 116 cm³/mol. The van der Waals surface area contributed by atoms with Crippen molar-refractivity contribution in [3.63, 3.8) is 0 Å². The Labute approximate surface area is 185 Å². The molecule has 0 bridgehead atoms. The Morgan fingerprint density at radius 3 is 2.72 bits per heavy atom. The molecule has 0 amide bonds. The average Bonchev–Trinajstić information content (AvgIpc) is 2.72. The number of benzene rings is 3. The summed E-state index contributed by atoms with van der Waals surface area (Å²) < 4.78 is 13.0. The van der Waals surface area contributed by atoms with Crippen LogP contribution in [-0.4, -0.2) is 4.92 Å². The largest absolute Gasteiger partial charge is 0.460 e. The number of hydrogen-bond acceptors (Lipinski definition) is 5. The molecule has 0 aliphatic carbocycles. The molecule has 3 aromatic carbocycles. The number of nitro benzene ring substituents is 1. The second-order valence-electron chi connectivity index (χ2n) is 6.38. The second-order valence-corrected chi connectivity index (χ2v) is 8.75. The van der Waals surface area contributed by atoms with Crippen LogP contribution in [0.15, 0.2) is 70.0 Å². The van der Waals surface area contributed by atoms with E-state index >= 15 is 0 Å². The second kappa shape index (κ2) is 8.75. The van der Waals surface area contributed by atoms with Crippen LogP contribution in [0, 0.1) is 10.1 Å². The van der Waals surface area contributed by atoms with Crippen molar-refractivity contribution in [1.29, 1.82) is 0 Å². The van der Waals surface area contributed by atoms with Crippen LogP contribution in [0.25, 0.3) is 0 Å². The molecule has 1 aliphatic heterocycles. The molecule has 0 saturated carbocycles. The third-order valence-corrected chi connectivity index (χ3v) is 6.20. The van der Waals surface area contributed by atoms with E-state index in [1.165, 1.54) is 17.8 Å². The third kappa shape index (κ3) is 4.59. The SMILES string of the molecule is O=[N+]([O-])c1cc(Cl)ccc1SCc1cc(Br)cc2c1O[C@H](c1ccccc1)OC2. The molecule has 148 valence electrons. The summed E-state index contributed by atoms with van der Waals surface area (Å²) in [4.78, 5) is 11.5. The fourth-order valence-corrected chi connectivity index (χ4v) is 4.76. The van der Waals surface area contributed by atoms with Crippen molar-refractivity contribution in [1.82, 2.24) is 0 Å². The molecule has 0 N–H and O–H groups in total. The summed E-state index contributed by atoms with van der Waals surface area (Å²) in [5.41, 5.74) is 2.81. The summed E-state index contributed by atoms with van der Waals surface area (Å²) in [7, 11) is 0. The number of ether oxygens (including phenoxy) is 2. The van der Waals surface area contributed by atoms with E-state index in [2.05, 4.69) is 15.9 Å². The Kier molecular flexibility index (Phi) is 6.10. The number of hydrogen-bond donors (Lipinski definition) is 0. The van der Waals surface area contributed by atoms with Gasteiger partial charge < -0.3 is 9.47 Å². The summed E-state index contributed by atoms with van der Waals surface area (Å²) in [5.74, 6) is 1.27. The molecule has 8 heteroatoms. The fraction of sp³-hybridized carbons (Fsp3) is 0.143. The highest BCUT2D eigenvalue weighted by Gasteiger charge is 2.25. The van der Waals surface area contributed by atoms with Gasteiger partial charge in [0.2, 0.25) is 6.29 Å². The fourth-order valence-electron chi connectivity index (χ4n) is 3.07. The zero-order chi connectivity index (χ0) is 20.4. The first-order chi connectivity index (χ1) is 14.0. The quantitative estimate of drug-likeness (QED) is 0.220. The molecular formula is C21H15BrClNO4S. The van der Waals surface area contributed by atoms with Crippen LogP contribution in [0.3, 0.4) is 0 Å². The molecule has 0 spiro atoms. The van der Waals surface area contributed by atoms with E-state index in [1.807, 2.05) is 42.5 Å². The van der Waals surface area contributed by atoms with Crippen LogP contribution in [0.4, 0.5) is 5.69 Å². The molecule has 29 heavy (non-hydrogen) atoms. The molecule has 1 heterocycles.